The van der Waals surface area contributed by atoms with Crippen molar-refractivity contribution in [1.29, 1.82) is 0 Å². The minimum atomic E-state index is -0.594. The summed E-state index contributed by atoms with van der Waals surface area (Å²) in [6.07, 6.45) is 0. The number of methoxy groups -OCH3 is 1. The van der Waals surface area contributed by atoms with Gasteiger partial charge in [-0.05, 0) is 32.0 Å². The molecule has 2 amide bonds. The van der Waals surface area contributed by atoms with E-state index in [0.29, 0.717) is 17.0 Å². The predicted molar refractivity (Wildman–Crippen MR) is 88.7 cm³/mol. The van der Waals surface area contributed by atoms with Gasteiger partial charge in [0.05, 0.1) is 23.9 Å². The molecule has 23 heavy (non-hydrogen) atoms. The van der Waals surface area contributed by atoms with E-state index in [0.717, 1.165) is 10.9 Å². The molecule has 2 aromatic rings. The summed E-state index contributed by atoms with van der Waals surface area (Å²) in [5, 5.41) is 3.55. The second-order valence-corrected chi connectivity index (χ2v) is 5.61. The van der Waals surface area contributed by atoms with Crippen LogP contribution in [-0.4, -0.2) is 48.9 Å². The van der Waals surface area contributed by atoms with E-state index in [1.165, 1.54) is 4.90 Å². The highest BCUT2D eigenvalue weighted by Crippen LogP contribution is 2.21. The van der Waals surface area contributed by atoms with Crippen molar-refractivity contribution in [3.05, 3.63) is 35.5 Å². The van der Waals surface area contributed by atoms with Crippen molar-refractivity contribution in [2.75, 3.05) is 21.2 Å². The Bertz CT molecular complexity index is 756. The fourth-order valence-corrected chi connectivity index (χ4v) is 2.32. The summed E-state index contributed by atoms with van der Waals surface area (Å²) < 4.78 is 5.18. The number of hydrogen-bond donors (Lipinski definition) is 1. The topological polar surface area (TPSA) is 71.5 Å². The summed E-state index contributed by atoms with van der Waals surface area (Å²) in [7, 11) is 4.90. The molecule has 0 aliphatic rings. The molecule has 2 rings (SSSR count). The molecule has 6 nitrogen and oxygen atoms in total. The normalized spacial score (nSPS) is 11.9. The monoisotopic (exact) mass is 315 g/mol. The summed E-state index contributed by atoms with van der Waals surface area (Å²) in [5.74, 6) is 0.247. The van der Waals surface area contributed by atoms with Crippen LogP contribution >= 0.6 is 0 Å². The number of aryl methyl sites for hydroxylation is 1. The van der Waals surface area contributed by atoms with Gasteiger partial charge in [0.1, 0.15) is 11.8 Å². The van der Waals surface area contributed by atoms with Gasteiger partial charge >= 0.3 is 0 Å². The van der Waals surface area contributed by atoms with Crippen LogP contribution in [0.1, 0.15) is 23.0 Å². The summed E-state index contributed by atoms with van der Waals surface area (Å²) in [5.41, 5.74) is 1.82. The summed E-state index contributed by atoms with van der Waals surface area (Å²) in [6, 6.07) is 6.68. The Kier molecular flexibility index (Phi) is 4.83. The first kappa shape index (κ1) is 16.7. The number of pyridine rings is 1. The van der Waals surface area contributed by atoms with Crippen LogP contribution in [0, 0.1) is 6.92 Å². The van der Waals surface area contributed by atoms with Crippen LogP contribution in [0.5, 0.6) is 5.75 Å². The van der Waals surface area contributed by atoms with Crippen LogP contribution in [0.2, 0.25) is 0 Å². The van der Waals surface area contributed by atoms with Crippen LogP contribution in [-0.2, 0) is 4.79 Å². The van der Waals surface area contributed by atoms with E-state index < -0.39 is 6.04 Å². The molecule has 0 saturated heterocycles. The Labute approximate surface area is 135 Å². The van der Waals surface area contributed by atoms with Crippen molar-refractivity contribution >= 4 is 22.7 Å². The van der Waals surface area contributed by atoms with Gasteiger partial charge in [-0.15, -0.1) is 0 Å². The zero-order valence-corrected chi connectivity index (χ0v) is 14.0. The number of rotatable bonds is 4. The van der Waals surface area contributed by atoms with Crippen molar-refractivity contribution in [1.82, 2.24) is 15.2 Å². The molecule has 1 unspecified atom stereocenters. The highest BCUT2D eigenvalue weighted by atomic mass is 16.5. The largest absolute Gasteiger partial charge is 0.497 e. The van der Waals surface area contributed by atoms with Crippen molar-refractivity contribution in [3.8, 4) is 5.75 Å². The van der Waals surface area contributed by atoms with E-state index in [2.05, 4.69) is 10.3 Å². The first-order valence-electron chi connectivity index (χ1n) is 7.31. The predicted octanol–water partition coefficient (Wildman–Crippen LogP) is 1.76. The minimum Gasteiger partial charge on any atom is -0.497 e. The lowest BCUT2D eigenvalue weighted by Gasteiger charge is -2.18. The molecule has 1 N–H and O–H groups in total. The molecule has 6 heteroatoms. The number of carbonyl (C=O) groups excluding carboxylic acids is 2. The van der Waals surface area contributed by atoms with Crippen LogP contribution in [0.4, 0.5) is 0 Å². The highest BCUT2D eigenvalue weighted by molar-refractivity contribution is 6.00. The van der Waals surface area contributed by atoms with Gasteiger partial charge in [-0.25, -0.2) is 0 Å². The molecule has 1 aromatic carbocycles. The molecule has 0 aliphatic carbocycles. The van der Waals surface area contributed by atoms with Gasteiger partial charge in [-0.2, -0.15) is 0 Å². The summed E-state index contributed by atoms with van der Waals surface area (Å²) in [6.45, 7) is 3.43. The Balaban J connectivity index is 2.30. The Morgan fingerprint density at radius 1 is 1.26 bits per heavy atom. The maximum absolute atomic E-state index is 12.4. The number of benzene rings is 1. The molecule has 1 aromatic heterocycles. The smallest absolute Gasteiger partial charge is 0.253 e. The fourth-order valence-electron chi connectivity index (χ4n) is 2.32. The first-order valence-corrected chi connectivity index (χ1v) is 7.31. The van der Waals surface area contributed by atoms with Crippen LogP contribution in [0.3, 0.4) is 0 Å². The maximum atomic E-state index is 12.4. The number of hydrogen-bond acceptors (Lipinski definition) is 4. The SMILES string of the molecule is COc1ccc2cc(C(=O)NC(C)C(=O)N(C)C)c(C)nc2c1. The van der Waals surface area contributed by atoms with Gasteiger partial charge in [0.25, 0.3) is 5.91 Å². The summed E-state index contributed by atoms with van der Waals surface area (Å²) in [4.78, 5) is 30.2. The van der Waals surface area contributed by atoms with E-state index >= 15 is 0 Å². The van der Waals surface area contributed by atoms with Gasteiger partial charge in [0, 0.05) is 25.5 Å². The molecular formula is C17H21N3O3. The minimum absolute atomic E-state index is 0.158. The van der Waals surface area contributed by atoms with Gasteiger partial charge in [0.2, 0.25) is 5.91 Å². The lowest BCUT2D eigenvalue weighted by atomic mass is 10.1. The summed E-state index contributed by atoms with van der Waals surface area (Å²) >= 11 is 0. The van der Waals surface area contributed by atoms with Crippen molar-refractivity contribution in [3.63, 3.8) is 0 Å². The Hall–Kier alpha value is -2.63. The van der Waals surface area contributed by atoms with Crippen LogP contribution < -0.4 is 10.1 Å². The lowest BCUT2D eigenvalue weighted by Crippen LogP contribution is -2.44. The third-order valence-electron chi connectivity index (χ3n) is 3.62. The van der Waals surface area contributed by atoms with E-state index in [9.17, 15) is 9.59 Å². The lowest BCUT2D eigenvalue weighted by molar-refractivity contribution is -0.130. The average molecular weight is 315 g/mol. The molecule has 0 saturated carbocycles. The zero-order chi connectivity index (χ0) is 17.1. The third-order valence-corrected chi connectivity index (χ3v) is 3.62. The zero-order valence-electron chi connectivity index (χ0n) is 14.0. The number of nitrogens with one attached hydrogen (secondary N) is 1. The van der Waals surface area contributed by atoms with E-state index in [4.69, 9.17) is 4.74 Å². The molecule has 0 radical (unpaired) electrons. The first-order chi connectivity index (χ1) is 10.8. The molecular weight excluding hydrogens is 294 g/mol. The quantitative estimate of drug-likeness (QED) is 0.933. The Morgan fingerprint density at radius 3 is 2.57 bits per heavy atom. The molecule has 0 fully saturated rings. The number of carbonyl (C=O) groups is 2. The molecule has 0 bridgehead atoms. The number of amides is 2. The molecule has 0 spiro atoms. The number of aromatic nitrogens is 1. The molecule has 0 aliphatic heterocycles. The number of ether oxygens (including phenoxy) is 1. The van der Waals surface area contributed by atoms with Crippen LogP contribution in [0.25, 0.3) is 10.9 Å². The van der Waals surface area contributed by atoms with Crippen molar-refractivity contribution in [2.45, 2.75) is 19.9 Å². The maximum Gasteiger partial charge on any atom is 0.253 e. The van der Waals surface area contributed by atoms with E-state index in [1.807, 2.05) is 18.2 Å². The van der Waals surface area contributed by atoms with Gasteiger partial charge in [-0.1, -0.05) is 0 Å². The van der Waals surface area contributed by atoms with E-state index in [1.54, 1.807) is 41.1 Å². The fraction of sp³-hybridized carbons (Fsp3) is 0.353. The second-order valence-electron chi connectivity index (χ2n) is 5.61. The van der Waals surface area contributed by atoms with Gasteiger partial charge in [0.15, 0.2) is 0 Å². The van der Waals surface area contributed by atoms with Crippen molar-refractivity contribution in [2.24, 2.45) is 0 Å². The standard InChI is InChI=1S/C17H21N3O3/c1-10-14(16(21)19-11(2)17(22)20(3)4)8-12-6-7-13(23-5)9-15(12)18-10/h6-9,11H,1-5H3,(H,19,21). The average Bonchev–Trinajstić information content (AvgIpc) is 2.52. The number of nitrogens with zero attached hydrogens (tertiary/aromatic N) is 2. The molecule has 1 heterocycles. The number of fused-ring (bicyclic) bond motifs is 1. The highest BCUT2D eigenvalue weighted by Gasteiger charge is 2.19. The second kappa shape index (κ2) is 6.64. The van der Waals surface area contributed by atoms with Crippen LogP contribution in [0.15, 0.2) is 24.3 Å². The van der Waals surface area contributed by atoms with E-state index in [-0.39, 0.29) is 11.8 Å². The third kappa shape index (κ3) is 3.59. The molecule has 1 atom stereocenters. The Morgan fingerprint density at radius 2 is 1.96 bits per heavy atom. The van der Waals surface area contributed by atoms with Gasteiger partial charge < -0.3 is 15.0 Å². The molecule has 122 valence electrons. The van der Waals surface area contributed by atoms with Gasteiger partial charge in [-0.3, -0.25) is 14.6 Å². The van der Waals surface area contributed by atoms with Crippen molar-refractivity contribution < 1.29 is 14.3 Å². The number of likely N-dealkylation sites (N-methyl/N-ethyl adjacent to an activating group) is 1.